The van der Waals surface area contributed by atoms with E-state index in [0.29, 0.717) is 29.2 Å². The van der Waals surface area contributed by atoms with E-state index in [9.17, 15) is 9.90 Å². The van der Waals surface area contributed by atoms with E-state index in [1.54, 1.807) is 18.2 Å². The van der Waals surface area contributed by atoms with E-state index >= 15 is 0 Å². The average Bonchev–Trinajstić information content (AvgIpc) is 2.95. The monoisotopic (exact) mass is 349 g/mol. The van der Waals surface area contributed by atoms with Crippen LogP contribution in [0.15, 0.2) is 42.2 Å². The zero-order valence-electron chi connectivity index (χ0n) is 15.0. The van der Waals surface area contributed by atoms with Gasteiger partial charge in [0.1, 0.15) is 11.5 Å². The number of phenolic OH excluding ortho intramolecular Hbond substituents is 1. The van der Waals surface area contributed by atoms with Gasteiger partial charge >= 0.3 is 0 Å². The van der Waals surface area contributed by atoms with Gasteiger partial charge in [-0.25, -0.2) is 0 Å². The number of aryl methyl sites for hydroxylation is 1. The Kier molecular flexibility index (Phi) is 4.51. The second-order valence-corrected chi connectivity index (χ2v) is 7.13. The molecule has 1 fully saturated rings. The number of likely N-dealkylation sites (tertiary alicyclic amines) is 1. The second kappa shape index (κ2) is 6.96. The standard InChI is InChI=1S/C22H23NO3/c1-15-6-5-7-16(12-15)13-20-21(25)17-8-9-19(24)18(22(17)26-20)14-23-10-3-2-4-11-23/h5-9,12-13,24H,2-4,10-11,14H2,1H3/b20-13-. The van der Waals surface area contributed by atoms with Crippen LogP contribution in [0.3, 0.4) is 0 Å². The third-order valence-corrected chi connectivity index (χ3v) is 5.09. The molecule has 0 atom stereocenters. The number of aromatic hydroxyl groups is 1. The van der Waals surface area contributed by atoms with Crippen molar-refractivity contribution in [1.29, 1.82) is 0 Å². The van der Waals surface area contributed by atoms with Crippen LogP contribution in [0, 0.1) is 6.92 Å². The van der Waals surface area contributed by atoms with Crippen LogP contribution in [0.2, 0.25) is 0 Å². The van der Waals surface area contributed by atoms with Crippen LogP contribution in [0.25, 0.3) is 6.08 Å². The number of ketones is 1. The van der Waals surface area contributed by atoms with Crippen molar-refractivity contribution in [1.82, 2.24) is 4.90 Å². The van der Waals surface area contributed by atoms with E-state index < -0.39 is 0 Å². The topological polar surface area (TPSA) is 49.8 Å². The molecule has 2 aliphatic heterocycles. The maximum absolute atomic E-state index is 12.8. The van der Waals surface area contributed by atoms with E-state index in [-0.39, 0.29) is 11.5 Å². The van der Waals surface area contributed by atoms with Crippen molar-refractivity contribution in [2.24, 2.45) is 0 Å². The summed E-state index contributed by atoms with van der Waals surface area (Å²) < 4.78 is 5.94. The van der Waals surface area contributed by atoms with Crippen LogP contribution in [0.5, 0.6) is 11.5 Å². The molecule has 0 saturated carbocycles. The lowest BCUT2D eigenvalue weighted by Gasteiger charge is -2.27. The Morgan fingerprint density at radius 1 is 1.15 bits per heavy atom. The number of phenols is 1. The van der Waals surface area contributed by atoms with Crippen LogP contribution in [-0.4, -0.2) is 28.9 Å². The van der Waals surface area contributed by atoms with Crippen LogP contribution in [0.4, 0.5) is 0 Å². The molecule has 4 nitrogen and oxygen atoms in total. The van der Waals surface area contributed by atoms with Crippen molar-refractivity contribution in [2.75, 3.05) is 13.1 Å². The summed E-state index contributed by atoms with van der Waals surface area (Å²) in [6.45, 7) is 4.66. The van der Waals surface area contributed by atoms with Crippen molar-refractivity contribution in [3.05, 3.63) is 64.4 Å². The van der Waals surface area contributed by atoms with Gasteiger partial charge in [-0.1, -0.05) is 36.2 Å². The Morgan fingerprint density at radius 2 is 1.96 bits per heavy atom. The number of hydrogen-bond acceptors (Lipinski definition) is 4. The third kappa shape index (κ3) is 3.25. The number of allylic oxidation sites excluding steroid dienone is 1. The molecule has 2 aliphatic rings. The fraction of sp³-hybridized carbons (Fsp3) is 0.318. The minimum absolute atomic E-state index is 0.124. The zero-order chi connectivity index (χ0) is 18.1. The first-order chi connectivity index (χ1) is 12.6. The molecule has 0 aliphatic carbocycles. The first-order valence-electron chi connectivity index (χ1n) is 9.20. The number of rotatable bonds is 3. The van der Waals surface area contributed by atoms with E-state index in [1.165, 1.54) is 19.3 Å². The van der Waals surface area contributed by atoms with Crippen LogP contribution in [0.1, 0.15) is 46.3 Å². The van der Waals surface area contributed by atoms with Crippen LogP contribution < -0.4 is 4.74 Å². The molecule has 0 bridgehead atoms. The summed E-state index contributed by atoms with van der Waals surface area (Å²) in [6, 6.07) is 11.2. The fourth-order valence-corrected chi connectivity index (χ4v) is 3.70. The number of piperidine rings is 1. The number of carbonyl (C=O) groups excluding carboxylic acids is 1. The average molecular weight is 349 g/mol. The van der Waals surface area contributed by atoms with Gasteiger partial charge < -0.3 is 9.84 Å². The van der Waals surface area contributed by atoms with Gasteiger partial charge in [0.2, 0.25) is 5.78 Å². The van der Waals surface area contributed by atoms with Gasteiger partial charge in [-0.05, 0) is 56.6 Å². The first kappa shape index (κ1) is 16.9. The molecule has 26 heavy (non-hydrogen) atoms. The molecule has 2 aromatic rings. The summed E-state index contributed by atoms with van der Waals surface area (Å²) >= 11 is 0. The molecule has 4 heteroatoms. The minimum atomic E-state index is -0.124. The lowest BCUT2D eigenvalue weighted by atomic mass is 10.0. The van der Waals surface area contributed by atoms with Crippen LogP contribution >= 0.6 is 0 Å². The first-order valence-corrected chi connectivity index (χ1v) is 9.20. The number of hydrogen-bond donors (Lipinski definition) is 1. The predicted molar refractivity (Wildman–Crippen MR) is 101 cm³/mol. The Morgan fingerprint density at radius 3 is 2.73 bits per heavy atom. The minimum Gasteiger partial charge on any atom is -0.507 e. The number of fused-ring (bicyclic) bond motifs is 1. The normalized spacial score (nSPS) is 18.8. The maximum atomic E-state index is 12.8. The molecule has 0 spiro atoms. The third-order valence-electron chi connectivity index (χ3n) is 5.09. The molecule has 1 N–H and O–H groups in total. The van der Waals surface area contributed by atoms with Crippen molar-refractivity contribution >= 4 is 11.9 Å². The fourth-order valence-electron chi connectivity index (χ4n) is 3.70. The summed E-state index contributed by atoms with van der Waals surface area (Å²) in [5.74, 6) is 0.899. The van der Waals surface area contributed by atoms with Gasteiger partial charge in [-0.2, -0.15) is 0 Å². The Labute approximate surface area is 153 Å². The Balaban J connectivity index is 1.66. The smallest absolute Gasteiger partial charge is 0.231 e. The Hall–Kier alpha value is -2.59. The van der Waals surface area contributed by atoms with Crippen LogP contribution in [-0.2, 0) is 6.54 Å². The molecule has 4 rings (SSSR count). The number of ether oxygens (including phenoxy) is 1. The summed E-state index contributed by atoms with van der Waals surface area (Å²) in [5.41, 5.74) is 3.31. The summed E-state index contributed by atoms with van der Waals surface area (Å²) in [5, 5.41) is 10.4. The summed E-state index contributed by atoms with van der Waals surface area (Å²) in [4.78, 5) is 15.1. The number of nitrogens with zero attached hydrogens (tertiary/aromatic N) is 1. The van der Waals surface area contributed by atoms with E-state index in [2.05, 4.69) is 4.90 Å². The van der Waals surface area contributed by atoms with E-state index in [1.807, 2.05) is 31.2 Å². The highest BCUT2D eigenvalue weighted by atomic mass is 16.5. The predicted octanol–water partition coefficient (Wildman–Crippen LogP) is 4.30. The second-order valence-electron chi connectivity index (χ2n) is 7.13. The van der Waals surface area contributed by atoms with Gasteiger partial charge in [-0.15, -0.1) is 0 Å². The highest BCUT2D eigenvalue weighted by Crippen LogP contribution is 2.40. The van der Waals surface area contributed by atoms with Crippen molar-refractivity contribution in [3.8, 4) is 11.5 Å². The Bertz CT molecular complexity index is 879. The van der Waals surface area contributed by atoms with Crippen molar-refractivity contribution < 1.29 is 14.6 Å². The summed E-state index contributed by atoms with van der Waals surface area (Å²) in [6.07, 6.45) is 5.38. The van der Waals surface area contributed by atoms with Gasteiger partial charge in [0, 0.05) is 6.54 Å². The molecular formula is C22H23NO3. The van der Waals surface area contributed by atoms with Gasteiger partial charge in [0.05, 0.1) is 11.1 Å². The quantitative estimate of drug-likeness (QED) is 0.839. The van der Waals surface area contributed by atoms with E-state index in [0.717, 1.165) is 24.2 Å². The molecule has 0 aromatic heterocycles. The zero-order valence-corrected chi connectivity index (χ0v) is 15.0. The summed E-state index contributed by atoms with van der Waals surface area (Å²) in [7, 11) is 0. The van der Waals surface area contributed by atoms with E-state index in [4.69, 9.17) is 4.74 Å². The van der Waals surface area contributed by atoms with Crippen molar-refractivity contribution in [2.45, 2.75) is 32.7 Å². The largest absolute Gasteiger partial charge is 0.507 e. The van der Waals surface area contributed by atoms with Crippen molar-refractivity contribution in [3.63, 3.8) is 0 Å². The molecule has 0 radical (unpaired) electrons. The maximum Gasteiger partial charge on any atom is 0.231 e. The number of Topliss-reactive ketones (excluding diaryl/α,β-unsaturated/α-hetero) is 1. The molecule has 2 heterocycles. The molecular weight excluding hydrogens is 326 g/mol. The lowest BCUT2D eigenvalue weighted by molar-refractivity contribution is 0.101. The van der Waals surface area contributed by atoms with Gasteiger partial charge in [-0.3, -0.25) is 9.69 Å². The highest BCUT2D eigenvalue weighted by Gasteiger charge is 2.31. The molecule has 134 valence electrons. The SMILES string of the molecule is Cc1cccc(/C=C2\Oc3c(ccc(O)c3CN3CCCCC3)C2=O)c1. The molecule has 2 aromatic carbocycles. The van der Waals surface area contributed by atoms with Gasteiger partial charge in [0.25, 0.3) is 0 Å². The molecule has 0 unspecified atom stereocenters. The number of benzene rings is 2. The number of carbonyl (C=O) groups is 1. The van der Waals surface area contributed by atoms with Gasteiger partial charge in [0.15, 0.2) is 5.76 Å². The molecule has 1 saturated heterocycles. The molecule has 0 amide bonds. The highest BCUT2D eigenvalue weighted by molar-refractivity contribution is 6.15. The lowest BCUT2D eigenvalue weighted by Crippen LogP contribution is -2.29.